The molecular weight excluding hydrogens is 298 g/mol. The monoisotopic (exact) mass is 321 g/mol. The second kappa shape index (κ2) is 5.32. The van der Waals surface area contributed by atoms with Crippen LogP contribution in [0.5, 0.6) is 0 Å². The number of hydrogen-bond acceptors (Lipinski definition) is 3. The molecule has 3 fully saturated rings. The van der Waals surface area contributed by atoms with Gasteiger partial charge in [-0.25, -0.2) is 8.42 Å². The maximum Gasteiger partial charge on any atom is 0.243 e. The first-order valence-corrected chi connectivity index (χ1v) is 9.70. The van der Waals surface area contributed by atoms with Crippen molar-refractivity contribution in [1.82, 2.24) is 4.31 Å². The lowest BCUT2D eigenvalue weighted by Gasteiger charge is -2.26. The highest BCUT2D eigenvalue weighted by Crippen LogP contribution is 2.43. The third-order valence-electron chi connectivity index (χ3n) is 5.28. The first-order chi connectivity index (χ1) is 10.6. The van der Waals surface area contributed by atoms with Gasteiger partial charge in [-0.05, 0) is 56.2 Å². The van der Waals surface area contributed by atoms with E-state index in [0.717, 1.165) is 30.9 Å². The molecular formula is C17H23NO3S. The van der Waals surface area contributed by atoms with E-state index in [1.807, 2.05) is 19.1 Å². The average molecular weight is 321 g/mol. The summed E-state index contributed by atoms with van der Waals surface area (Å²) in [4.78, 5) is 0.418. The normalized spacial score (nSPS) is 31.8. The molecule has 4 rings (SSSR count). The molecule has 0 radical (unpaired) electrons. The van der Waals surface area contributed by atoms with Crippen molar-refractivity contribution in [3.05, 3.63) is 29.8 Å². The lowest BCUT2D eigenvalue weighted by Crippen LogP contribution is -2.40. The predicted molar refractivity (Wildman–Crippen MR) is 84.0 cm³/mol. The van der Waals surface area contributed by atoms with Crippen LogP contribution in [0.3, 0.4) is 0 Å². The van der Waals surface area contributed by atoms with E-state index in [1.165, 1.54) is 12.8 Å². The average Bonchev–Trinajstić information content (AvgIpc) is 3.17. The minimum atomic E-state index is -3.39. The smallest absolute Gasteiger partial charge is 0.243 e. The molecule has 2 saturated carbocycles. The standard InChI is InChI=1S/C17H23NO3S/c1-12-3-2-4-15(9-12)22(19,20)18-10-14-7-8-16(18)17(14)21-11-13-5-6-13/h2-4,9,13-14,16-17H,5-8,10-11H2,1H3/t14-,16+,17+/m1/s1. The molecule has 0 unspecified atom stereocenters. The van der Waals surface area contributed by atoms with Gasteiger partial charge in [-0.2, -0.15) is 4.31 Å². The molecule has 2 bridgehead atoms. The molecule has 0 aromatic heterocycles. The van der Waals surface area contributed by atoms with E-state index in [0.29, 0.717) is 17.4 Å². The van der Waals surface area contributed by atoms with E-state index in [9.17, 15) is 8.42 Å². The molecule has 1 saturated heterocycles. The Balaban J connectivity index is 1.55. The summed E-state index contributed by atoms with van der Waals surface area (Å²) >= 11 is 0. The summed E-state index contributed by atoms with van der Waals surface area (Å²) in [5.74, 6) is 1.10. The molecule has 2 aliphatic carbocycles. The summed E-state index contributed by atoms with van der Waals surface area (Å²) in [7, 11) is -3.39. The van der Waals surface area contributed by atoms with Crippen LogP contribution in [-0.4, -0.2) is 38.0 Å². The van der Waals surface area contributed by atoms with Crippen LogP contribution >= 0.6 is 0 Å². The van der Waals surface area contributed by atoms with Gasteiger partial charge in [0, 0.05) is 19.1 Å². The zero-order valence-corrected chi connectivity index (χ0v) is 13.8. The Morgan fingerprint density at radius 2 is 2.05 bits per heavy atom. The fraction of sp³-hybridized carbons (Fsp3) is 0.647. The van der Waals surface area contributed by atoms with E-state index in [1.54, 1.807) is 16.4 Å². The van der Waals surface area contributed by atoms with Crippen molar-refractivity contribution in [2.24, 2.45) is 11.8 Å². The molecule has 0 amide bonds. The Hall–Kier alpha value is -0.910. The third-order valence-corrected chi connectivity index (χ3v) is 7.17. The number of ether oxygens (including phenoxy) is 1. The quantitative estimate of drug-likeness (QED) is 0.837. The van der Waals surface area contributed by atoms with Gasteiger partial charge in [-0.15, -0.1) is 0 Å². The van der Waals surface area contributed by atoms with E-state index in [2.05, 4.69) is 0 Å². The van der Waals surface area contributed by atoms with E-state index >= 15 is 0 Å². The molecule has 22 heavy (non-hydrogen) atoms. The number of hydrogen-bond donors (Lipinski definition) is 0. The molecule has 1 heterocycles. The summed E-state index contributed by atoms with van der Waals surface area (Å²) in [6, 6.07) is 7.25. The minimum Gasteiger partial charge on any atom is -0.376 e. The third kappa shape index (κ3) is 2.49. The Labute approximate surface area is 132 Å². The van der Waals surface area contributed by atoms with Crippen LogP contribution in [0, 0.1) is 18.8 Å². The summed E-state index contributed by atoms with van der Waals surface area (Å²) in [5.41, 5.74) is 0.979. The van der Waals surface area contributed by atoms with Crippen LogP contribution in [0.2, 0.25) is 0 Å². The second-order valence-corrected chi connectivity index (χ2v) is 8.93. The molecule has 3 aliphatic rings. The summed E-state index contributed by atoms with van der Waals surface area (Å²) in [6.45, 7) is 3.36. The van der Waals surface area contributed by atoms with Crippen molar-refractivity contribution in [2.45, 2.75) is 49.6 Å². The van der Waals surface area contributed by atoms with Crippen molar-refractivity contribution in [3.63, 3.8) is 0 Å². The highest BCUT2D eigenvalue weighted by Gasteiger charge is 2.52. The number of nitrogens with zero attached hydrogens (tertiary/aromatic N) is 1. The van der Waals surface area contributed by atoms with Gasteiger partial charge in [0.2, 0.25) is 10.0 Å². The number of fused-ring (bicyclic) bond motifs is 2. The molecule has 0 N–H and O–H groups in total. The molecule has 4 nitrogen and oxygen atoms in total. The maximum absolute atomic E-state index is 12.9. The van der Waals surface area contributed by atoms with Crippen LogP contribution in [0.1, 0.15) is 31.2 Å². The largest absolute Gasteiger partial charge is 0.376 e. The molecule has 120 valence electrons. The summed E-state index contributed by atoms with van der Waals surface area (Å²) in [6.07, 6.45) is 4.69. The first kappa shape index (κ1) is 14.7. The topological polar surface area (TPSA) is 46.6 Å². The van der Waals surface area contributed by atoms with Crippen molar-refractivity contribution >= 4 is 10.0 Å². The molecule has 1 aliphatic heterocycles. The Bertz CT molecular complexity index is 668. The molecule has 0 spiro atoms. The fourth-order valence-corrected chi connectivity index (χ4v) is 5.69. The van der Waals surface area contributed by atoms with E-state index in [4.69, 9.17) is 4.74 Å². The number of piperidine rings is 1. The van der Waals surface area contributed by atoms with E-state index in [-0.39, 0.29) is 12.1 Å². The lowest BCUT2D eigenvalue weighted by atomic mass is 10.1. The van der Waals surface area contributed by atoms with Gasteiger partial charge in [-0.1, -0.05) is 12.1 Å². The highest BCUT2D eigenvalue weighted by atomic mass is 32.2. The van der Waals surface area contributed by atoms with Crippen LogP contribution in [0.25, 0.3) is 0 Å². The van der Waals surface area contributed by atoms with Crippen LogP contribution in [0.4, 0.5) is 0 Å². The van der Waals surface area contributed by atoms with Gasteiger partial charge in [0.05, 0.1) is 17.0 Å². The molecule has 1 aromatic rings. The fourth-order valence-electron chi connectivity index (χ4n) is 3.86. The van der Waals surface area contributed by atoms with Crippen molar-refractivity contribution in [2.75, 3.05) is 13.2 Å². The Morgan fingerprint density at radius 1 is 1.23 bits per heavy atom. The summed E-state index contributed by atoms with van der Waals surface area (Å²) in [5, 5.41) is 0. The van der Waals surface area contributed by atoms with Crippen molar-refractivity contribution in [3.8, 4) is 0 Å². The molecule has 1 aromatic carbocycles. The number of aryl methyl sites for hydroxylation is 1. The van der Waals surface area contributed by atoms with Crippen molar-refractivity contribution < 1.29 is 13.2 Å². The van der Waals surface area contributed by atoms with Gasteiger partial charge >= 0.3 is 0 Å². The Kier molecular flexibility index (Phi) is 3.55. The van der Waals surface area contributed by atoms with Crippen LogP contribution in [0.15, 0.2) is 29.2 Å². The number of rotatable bonds is 5. The predicted octanol–water partition coefficient (Wildman–Crippen LogP) is 2.57. The van der Waals surface area contributed by atoms with Gasteiger partial charge in [-0.3, -0.25) is 0 Å². The highest BCUT2D eigenvalue weighted by molar-refractivity contribution is 7.89. The van der Waals surface area contributed by atoms with Gasteiger partial charge < -0.3 is 4.74 Å². The zero-order valence-electron chi connectivity index (χ0n) is 12.9. The van der Waals surface area contributed by atoms with E-state index < -0.39 is 10.0 Å². The second-order valence-electron chi connectivity index (χ2n) is 7.04. The van der Waals surface area contributed by atoms with Gasteiger partial charge in [0.1, 0.15) is 0 Å². The van der Waals surface area contributed by atoms with Crippen LogP contribution in [-0.2, 0) is 14.8 Å². The SMILES string of the molecule is Cc1cccc(S(=O)(=O)N2C[C@H]3CC[C@H]2[C@H]3OCC2CC2)c1. The van der Waals surface area contributed by atoms with Gasteiger partial charge in [0.15, 0.2) is 0 Å². The zero-order chi connectivity index (χ0) is 15.3. The first-order valence-electron chi connectivity index (χ1n) is 8.26. The van der Waals surface area contributed by atoms with Crippen molar-refractivity contribution in [1.29, 1.82) is 0 Å². The minimum absolute atomic E-state index is 0.0364. The maximum atomic E-state index is 12.9. The lowest BCUT2D eigenvalue weighted by molar-refractivity contribution is 0.0271. The van der Waals surface area contributed by atoms with Gasteiger partial charge in [0.25, 0.3) is 0 Å². The Morgan fingerprint density at radius 3 is 2.77 bits per heavy atom. The molecule has 3 atom stereocenters. The number of sulfonamides is 1. The summed E-state index contributed by atoms with van der Waals surface area (Å²) < 4.78 is 33.7. The molecule has 5 heteroatoms. The number of benzene rings is 1. The van der Waals surface area contributed by atoms with Crippen LogP contribution < -0.4 is 0 Å².